The summed E-state index contributed by atoms with van der Waals surface area (Å²) in [6.45, 7) is 3.27. The number of nitrogens with zero attached hydrogens (tertiary/aromatic N) is 2. The lowest BCUT2D eigenvalue weighted by Gasteiger charge is -2.36. The molecule has 1 heterocycles. The van der Waals surface area contributed by atoms with E-state index in [1.54, 1.807) is 6.07 Å². The van der Waals surface area contributed by atoms with Crippen molar-refractivity contribution in [3.05, 3.63) is 38.3 Å². The van der Waals surface area contributed by atoms with E-state index in [0.717, 1.165) is 5.56 Å². The Labute approximate surface area is 131 Å². The van der Waals surface area contributed by atoms with Crippen LogP contribution in [-0.4, -0.2) is 33.5 Å². The number of carboxylic acid groups (broad SMARTS) is 1. The first-order valence-corrected chi connectivity index (χ1v) is 7.58. The topological polar surface area (TPSA) is 83.7 Å². The Hall–Kier alpha value is -1.47. The third-order valence-electron chi connectivity index (χ3n) is 3.99. The van der Waals surface area contributed by atoms with Gasteiger partial charge in [-0.05, 0) is 47.8 Å². The molecule has 7 heteroatoms. The van der Waals surface area contributed by atoms with E-state index in [4.69, 9.17) is 5.11 Å². The summed E-state index contributed by atoms with van der Waals surface area (Å²) >= 11 is 3.30. The Morgan fingerprint density at radius 1 is 1.57 bits per heavy atom. The van der Waals surface area contributed by atoms with Crippen LogP contribution in [0.1, 0.15) is 25.3 Å². The van der Waals surface area contributed by atoms with E-state index in [0.29, 0.717) is 30.4 Å². The van der Waals surface area contributed by atoms with Gasteiger partial charge in [0.25, 0.3) is 5.69 Å². The van der Waals surface area contributed by atoms with Crippen molar-refractivity contribution in [1.82, 2.24) is 4.90 Å². The Balaban J connectivity index is 2.11. The second-order valence-electron chi connectivity index (χ2n) is 5.39. The smallest absolute Gasteiger partial charge is 0.306 e. The molecule has 1 aliphatic heterocycles. The first kappa shape index (κ1) is 15.9. The van der Waals surface area contributed by atoms with Gasteiger partial charge in [-0.1, -0.05) is 12.1 Å². The molecule has 0 spiro atoms. The quantitative estimate of drug-likeness (QED) is 0.661. The lowest BCUT2D eigenvalue weighted by Crippen LogP contribution is -2.42. The van der Waals surface area contributed by atoms with Gasteiger partial charge in [0, 0.05) is 18.7 Å². The Morgan fingerprint density at radius 2 is 2.29 bits per heavy atom. The molecule has 0 radical (unpaired) electrons. The molecule has 0 amide bonds. The van der Waals surface area contributed by atoms with Gasteiger partial charge in [0.15, 0.2) is 0 Å². The van der Waals surface area contributed by atoms with Crippen LogP contribution in [0.15, 0.2) is 22.7 Å². The van der Waals surface area contributed by atoms with Gasteiger partial charge in [-0.3, -0.25) is 19.8 Å². The van der Waals surface area contributed by atoms with Crippen molar-refractivity contribution >= 4 is 27.6 Å². The highest BCUT2D eigenvalue weighted by molar-refractivity contribution is 9.10. The molecule has 114 valence electrons. The van der Waals surface area contributed by atoms with Crippen molar-refractivity contribution < 1.29 is 14.8 Å². The second kappa shape index (κ2) is 6.53. The summed E-state index contributed by atoms with van der Waals surface area (Å²) in [5.74, 6) is -1.03. The lowest BCUT2D eigenvalue weighted by molar-refractivity contribution is -0.385. The molecule has 0 aromatic heterocycles. The number of carbonyl (C=O) groups is 1. The largest absolute Gasteiger partial charge is 0.481 e. The normalized spacial score (nSPS) is 23.0. The lowest BCUT2D eigenvalue weighted by atomic mass is 9.91. The van der Waals surface area contributed by atoms with Crippen molar-refractivity contribution in [2.24, 2.45) is 5.92 Å². The molecule has 1 aromatic rings. The number of nitro groups is 1. The maximum absolute atomic E-state index is 11.0. The van der Waals surface area contributed by atoms with Crippen LogP contribution in [0.25, 0.3) is 0 Å². The fourth-order valence-corrected chi connectivity index (χ4v) is 3.26. The molecule has 1 saturated heterocycles. The van der Waals surface area contributed by atoms with Crippen molar-refractivity contribution in [1.29, 1.82) is 0 Å². The summed E-state index contributed by atoms with van der Waals surface area (Å²) < 4.78 is 0.502. The van der Waals surface area contributed by atoms with Gasteiger partial charge < -0.3 is 5.11 Å². The van der Waals surface area contributed by atoms with Crippen LogP contribution in [0.3, 0.4) is 0 Å². The van der Waals surface area contributed by atoms with Gasteiger partial charge in [0.1, 0.15) is 0 Å². The van der Waals surface area contributed by atoms with Crippen LogP contribution in [0.4, 0.5) is 5.69 Å². The predicted molar refractivity (Wildman–Crippen MR) is 81.0 cm³/mol. The number of likely N-dealkylation sites (tertiary alicyclic amines) is 1. The maximum Gasteiger partial charge on any atom is 0.306 e. The summed E-state index contributed by atoms with van der Waals surface area (Å²) in [6.07, 6.45) is 1.23. The molecule has 21 heavy (non-hydrogen) atoms. The van der Waals surface area contributed by atoms with E-state index in [1.807, 2.05) is 13.0 Å². The third-order valence-corrected chi connectivity index (χ3v) is 4.91. The van der Waals surface area contributed by atoms with Crippen molar-refractivity contribution in [3.8, 4) is 0 Å². The molecule has 1 N–H and O–H groups in total. The van der Waals surface area contributed by atoms with Crippen molar-refractivity contribution in [2.75, 3.05) is 6.54 Å². The minimum atomic E-state index is -0.738. The van der Waals surface area contributed by atoms with Gasteiger partial charge in [-0.25, -0.2) is 0 Å². The number of halogens is 1. The highest BCUT2D eigenvalue weighted by Gasteiger charge is 2.30. The van der Waals surface area contributed by atoms with Crippen molar-refractivity contribution in [2.45, 2.75) is 32.4 Å². The van der Waals surface area contributed by atoms with Crippen molar-refractivity contribution in [3.63, 3.8) is 0 Å². The van der Waals surface area contributed by atoms with Crippen LogP contribution in [-0.2, 0) is 11.3 Å². The van der Waals surface area contributed by atoms with E-state index in [2.05, 4.69) is 20.8 Å². The molecule has 0 saturated carbocycles. The zero-order chi connectivity index (χ0) is 15.6. The van der Waals surface area contributed by atoms with Crippen LogP contribution >= 0.6 is 15.9 Å². The Morgan fingerprint density at radius 3 is 2.86 bits per heavy atom. The minimum Gasteiger partial charge on any atom is -0.481 e. The molecule has 0 aliphatic carbocycles. The van der Waals surface area contributed by atoms with Crippen LogP contribution in [0.5, 0.6) is 0 Å². The average Bonchev–Trinajstić information content (AvgIpc) is 2.42. The van der Waals surface area contributed by atoms with E-state index in [9.17, 15) is 14.9 Å². The molecule has 1 aliphatic rings. The average molecular weight is 357 g/mol. The number of nitro benzene ring substituents is 1. The number of hydrogen-bond acceptors (Lipinski definition) is 4. The summed E-state index contributed by atoms with van der Waals surface area (Å²) in [5.41, 5.74) is 0.908. The molecule has 6 nitrogen and oxygen atoms in total. The van der Waals surface area contributed by atoms with E-state index >= 15 is 0 Å². The van der Waals surface area contributed by atoms with Gasteiger partial charge in [-0.15, -0.1) is 0 Å². The van der Waals surface area contributed by atoms with E-state index < -0.39 is 10.9 Å². The molecular weight excluding hydrogens is 340 g/mol. The fraction of sp³-hybridized carbons (Fsp3) is 0.500. The Bertz CT molecular complexity index is 564. The molecule has 0 bridgehead atoms. The van der Waals surface area contributed by atoms with Crippen LogP contribution < -0.4 is 0 Å². The SMILES string of the molecule is CC1CC(C(=O)O)CCN1Cc1cccc([N+](=O)[O-])c1Br. The summed E-state index contributed by atoms with van der Waals surface area (Å²) in [7, 11) is 0. The van der Waals surface area contributed by atoms with Gasteiger partial charge in [0.05, 0.1) is 15.3 Å². The highest BCUT2D eigenvalue weighted by Crippen LogP contribution is 2.31. The molecule has 1 aromatic carbocycles. The van der Waals surface area contributed by atoms with E-state index in [-0.39, 0.29) is 17.6 Å². The number of hydrogen-bond donors (Lipinski definition) is 1. The molecular formula is C14H17BrN2O4. The molecule has 2 rings (SSSR count). The van der Waals surface area contributed by atoms with E-state index in [1.165, 1.54) is 6.07 Å². The zero-order valence-electron chi connectivity index (χ0n) is 11.7. The number of aliphatic carboxylic acids is 1. The Kier molecular flexibility index (Phi) is 4.95. The first-order valence-electron chi connectivity index (χ1n) is 6.78. The summed E-state index contributed by atoms with van der Waals surface area (Å²) in [6, 6.07) is 5.14. The molecule has 1 fully saturated rings. The number of carboxylic acids is 1. The third kappa shape index (κ3) is 3.59. The maximum atomic E-state index is 11.0. The first-order chi connectivity index (χ1) is 9.90. The standard InChI is InChI=1S/C14H17BrN2O4/c1-9-7-10(14(18)19)5-6-16(9)8-11-3-2-4-12(13(11)15)17(20)21/h2-4,9-10H,5-8H2,1H3,(H,18,19). The van der Waals surface area contributed by atoms with Gasteiger partial charge in [-0.2, -0.15) is 0 Å². The van der Waals surface area contributed by atoms with Crippen LogP contribution in [0, 0.1) is 16.0 Å². The zero-order valence-corrected chi connectivity index (χ0v) is 13.2. The monoisotopic (exact) mass is 356 g/mol. The van der Waals surface area contributed by atoms with Crippen LogP contribution in [0.2, 0.25) is 0 Å². The van der Waals surface area contributed by atoms with Gasteiger partial charge >= 0.3 is 5.97 Å². The number of rotatable bonds is 4. The minimum absolute atomic E-state index is 0.0561. The summed E-state index contributed by atoms with van der Waals surface area (Å²) in [5, 5.41) is 20.0. The number of benzene rings is 1. The predicted octanol–water partition coefficient (Wildman–Crippen LogP) is 3.04. The molecule has 2 unspecified atom stereocenters. The number of piperidine rings is 1. The second-order valence-corrected chi connectivity index (χ2v) is 6.18. The fourth-order valence-electron chi connectivity index (χ4n) is 2.73. The molecule has 2 atom stereocenters. The summed E-state index contributed by atoms with van der Waals surface area (Å²) in [4.78, 5) is 23.7. The van der Waals surface area contributed by atoms with Gasteiger partial charge in [0.2, 0.25) is 0 Å². The highest BCUT2D eigenvalue weighted by atomic mass is 79.9.